The number of carbonyl (C=O) groups excluding carboxylic acids is 1. The second kappa shape index (κ2) is 7.30. The Morgan fingerprint density at radius 1 is 1.42 bits per heavy atom. The molecule has 1 aliphatic rings. The Morgan fingerprint density at radius 2 is 2.21 bits per heavy atom. The summed E-state index contributed by atoms with van der Waals surface area (Å²) in [5, 5.41) is 0. The molecule has 1 aliphatic carbocycles. The van der Waals surface area contributed by atoms with E-state index < -0.39 is 0 Å². The molecular formula is C15H19BrClNO. The Kier molecular flexibility index (Phi) is 5.71. The molecule has 0 bridgehead atoms. The van der Waals surface area contributed by atoms with Crippen molar-refractivity contribution in [3.63, 3.8) is 0 Å². The summed E-state index contributed by atoms with van der Waals surface area (Å²) in [7, 11) is 0. The van der Waals surface area contributed by atoms with Crippen molar-refractivity contribution in [2.75, 3.05) is 12.4 Å². The molecule has 4 heteroatoms. The van der Waals surface area contributed by atoms with Crippen molar-refractivity contribution in [2.45, 2.75) is 38.1 Å². The van der Waals surface area contributed by atoms with Gasteiger partial charge in [-0.3, -0.25) is 4.79 Å². The fourth-order valence-corrected chi connectivity index (χ4v) is 2.93. The van der Waals surface area contributed by atoms with Crippen molar-refractivity contribution >= 4 is 33.4 Å². The third-order valence-electron chi connectivity index (χ3n) is 3.61. The monoisotopic (exact) mass is 343 g/mol. The highest BCUT2D eigenvalue weighted by Gasteiger charge is 2.28. The summed E-state index contributed by atoms with van der Waals surface area (Å²) >= 11 is 9.20. The predicted molar refractivity (Wildman–Crippen MR) is 82.5 cm³/mol. The summed E-state index contributed by atoms with van der Waals surface area (Å²) < 4.78 is 1.02. The van der Waals surface area contributed by atoms with E-state index in [2.05, 4.69) is 15.9 Å². The van der Waals surface area contributed by atoms with Gasteiger partial charge in [0.15, 0.2) is 0 Å². The first-order valence-corrected chi connectivity index (χ1v) is 8.13. The van der Waals surface area contributed by atoms with E-state index in [1.165, 1.54) is 6.42 Å². The number of alkyl halides is 1. The standard InChI is InChI=1S/C15H19BrClNO/c16-13-5-1-4-12(10-13)11-15(19)18(9-3-8-17)14-6-2-7-14/h1,4-5,10,14H,2-3,6-9,11H2. The maximum Gasteiger partial charge on any atom is 0.227 e. The van der Waals surface area contributed by atoms with Crippen LogP contribution in [-0.2, 0) is 11.2 Å². The van der Waals surface area contributed by atoms with Crippen molar-refractivity contribution in [1.82, 2.24) is 4.90 Å². The highest BCUT2D eigenvalue weighted by atomic mass is 79.9. The number of halogens is 2. The van der Waals surface area contributed by atoms with Gasteiger partial charge in [0.25, 0.3) is 0 Å². The van der Waals surface area contributed by atoms with Gasteiger partial charge in [-0.25, -0.2) is 0 Å². The van der Waals surface area contributed by atoms with Gasteiger partial charge in [-0.15, -0.1) is 11.6 Å². The Labute approximate surface area is 128 Å². The molecule has 0 saturated heterocycles. The van der Waals surface area contributed by atoms with Gasteiger partial charge in [0.05, 0.1) is 6.42 Å². The van der Waals surface area contributed by atoms with Gasteiger partial charge in [-0.1, -0.05) is 28.1 Å². The fourth-order valence-electron chi connectivity index (χ4n) is 2.36. The molecule has 0 aromatic heterocycles. The summed E-state index contributed by atoms with van der Waals surface area (Å²) in [6.45, 7) is 0.793. The van der Waals surface area contributed by atoms with Crippen LogP contribution in [0.15, 0.2) is 28.7 Å². The van der Waals surface area contributed by atoms with E-state index in [1.807, 2.05) is 29.2 Å². The molecule has 1 amide bonds. The molecule has 0 aliphatic heterocycles. The van der Waals surface area contributed by atoms with Crippen LogP contribution in [-0.4, -0.2) is 29.3 Å². The van der Waals surface area contributed by atoms with Crippen LogP contribution < -0.4 is 0 Å². The zero-order valence-corrected chi connectivity index (χ0v) is 13.3. The highest BCUT2D eigenvalue weighted by Crippen LogP contribution is 2.26. The van der Waals surface area contributed by atoms with Crippen LogP contribution in [0, 0.1) is 0 Å². The summed E-state index contributed by atoms with van der Waals surface area (Å²) in [5.74, 6) is 0.848. The first-order chi connectivity index (χ1) is 9.20. The van der Waals surface area contributed by atoms with E-state index in [4.69, 9.17) is 11.6 Å². The first kappa shape index (κ1) is 14.9. The molecule has 0 N–H and O–H groups in total. The van der Waals surface area contributed by atoms with Gasteiger partial charge in [-0.2, -0.15) is 0 Å². The van der Waals surface area contributed by atoms with E-state index >= 15 is 0 Å². The third-order valence-corrected chi connectivity index (χ3v) is 4.37. The van der Waals surface area contributed by atoms with Crippen LogP contribution in [0.1, 0.15) is 31.2 Å². The lowest BCUT2D eigenvalue weighted by atomic mass is 9.91. The van der Waals surface area contributed by atoms with Gasteiger partial charge >= 0.3 is 0 Å². The zero-order chi connectivity index (χ0) is 13.7. The summed E-state index contributed by atoms with van der Waals surface area (Å²) in [6.07, 6.45) is 4.89. The van der Waals surface area contributed by atoms with E-state index in [9.17, 15) is 4.79 Å². The molecular weight excluding hydrogens is 326 g/mol. The Bertz CT molecular complexity index is 434. The second-order valence-corrected chi connectivity index (χ2v) is 6.31. The minimum atomic E-state index is 0.230. The Morgan fingerprint density at radius 3 is 2.79 bits per heavy atom. The van der Waals surface area contributed by atoms with Crippen LogP contribution in [0.2, 0.25) is 0 Å². The van der Waals surface area contributed by atoms with Crippen molar-refractivity contribution in [2.24, 2.45) is 0 Å². The number of hydrogen-bond donors (Lipinski definition) is 0. The number of carbonyl (C=O) groups is 1. The van der Waals surface area contributed by atoms with E-state index in [0.717, 1.165) is 35.8 Å². The molecule has 2 rings (SSSR count). The van der Waals surface area contributed by atoms with Gasteiger partial charge < -0.3 is 4.90 Å². The number of nitrogens with zero attached hydrogens (tertiary/aromatic N) is 1. The Hall–Kier alpha value is -0.540. The Balaban J connectivity index is 1.98. The molecule has 1 aromatic carbocycles. The van der Waals surface area contributed by atoms with Crippen LogP contribution in [0.4, 0.5) is 0 Å². The van der Waals surface area contributed by atoms with E-state index in [0.29, 0.717) is 18.3 Å². The average Bonchev–Trinajstić information content (AvgIpc) is 2.31. The first-order valence-electron chi connectivity index (χ1n) is 6.80. The topological polar surface area (TPSA) is 20.3 Å². The summed E-state index contributed by atoms with van der Waals surface area (Å²) in [4.78, 5) is 14.5. The SMILES string of the molecule is O=C(Cc1cccc(Br)c1)N(CCCCl)C1CCC1. The quantitative estimate of drug-likeness (QED) is 0.714. The molecule has 0 unspecified atom stereocenters. The minimum absolute atomic E-state index is 0.230. The molecule has 0 atom stereocenters. The molecule has 0 heterocycles. The highest BCUT2D eigenvalue weighted by molar-refractivity contribution is 9.10. The summed E-state index contributed by atoms with van der Waals surface area (Å²) in [5.41, 5.74) is 1.06. The normalized spacial score (nSPS) is 15.1. The van der Waals surface area contributed by atoms with E-state index in [1.54, 1.807) is 0 Å². The molecule has 0 radical (unpaired) electrons. The van der Waals surface area contributed by atoms with Crippen molar-refractivity contribution < 1.29 is 4.79 Å². The van der Waals surface area contributed by atoms with Crippen molar-refractivity contribution in [3.05, 3.63) is 34.3 Å². The second-order valence-electron chi connectivity index (χ2n) is 5.02. The largest absolute Gasteiger partial charge is 0.339 e. The van der Waals surface area contributed by atoms with Crippen LogP contribution in [0.3, 0.4) is 0 Å². The number of hydrogen-bond acceptors (Lipinski definition) is 1. The molecule has 2 nitrogen and oxygen atoms in total. The van der Waals surface area contributed by atoms with Gasteiger partial charge in [-0.05, 0) is 43.4 Å². The molecule has 1 aromatic rings. The number of amides is 1. The smallest absolute Gasteiger partial charge is 0.227 e. The van der Waals surface area contributed by atoms with E-state index in [-0.39, 0.29) is 5.91 Å². The molecule has 1 fully saturated rings. The minimum Gasteiger partial charge on any atom is -0.339 e. The van der Waals surface area contributed by atoms with Crippen LogP contribution in [0.5, 0.6) is 0 Å². The lowest BCUT2D eigenvalue weighted by Crippen LogP contribution is -2.45. The van der Waals surface area contributed by atoms with Crippen LogP contribution >= 0.6 is 27.5 Å². The maximum absolute atomic E-state index is 12.4. The fraction of sp³-hybridized carbons (Fsp3) is 0.533. The van der Waals surface area contributed by atoms with Crippen molar-refractivity contribution in [3.8, 4) is 0 Å². The van der Waals surface area contributed by atoms with Crippen LogP contribution in [0.25, 0.3) is 0 Å². The molecule has 104 valence electrons. The third kappa shape index (κ3) is 4.22. The maximum atomic E-state index is 12.4. The lowest BCUT2D eigenvalue weighted by molar-refractivity contribution is -0.134. The zero-order valence-electron chi connectivity index (χ0n) is 10.9. The summed E-state index contributed by atoms with van der Waals surface area (Å²) in [6, 6.07) is 8.41. The van der Waals surface area contributed by atoms with Gasteiger partial charge in [0.2, 0.25) is 5.91 Å². The molecule has 19 heavy (non-hydrogen) atoms. The molecule has 1 saturated carbocycles. The number of benzene rings is 1. The van der Waals surface area contributed by atoms with Crippen molar-refractivity contribution in [1.29, 1.82) is 0 Å². The predicted octanol–water partition coefficient (Wildman–Crippen LogP) is 4.00. The number of rotatable bonds is 6. The molecule has 0 spiro atoms. The average molecular weight is 345 g/mol. The van der Waals surface area contributed by atoms with Gasteiger partial charge in [0.1, 0.15) is 0 Å². The van der Waals surface area contributed by atoms with Gasteiger partial charge in [0, 0.05) is 22.9 Å². The lowest BCUT2D eigenvalue weighted by Gasteiger charge is -2.37.